The van der Waals surface area contributed by atoms with E-state index in [0.29, 0.717) is 0 Å². The van der Waals surface area contributed by atoms with Crippen molar-refractivity contribution in [2.24, 2.45) is 0 Å². The summed E-state index contributed by atoms with van der Waals surface area (Å²) in [5.41, 5.74) is -4.10. The number of halogens is 4. The Bertz CT molecular complexity index is 487. The highest BCUT2D eigenvalue weighted by Gasteiger charge is 2.55. The zero-order chi connectivity index (χ0) is 14.3. The first kappa shape index (κ1) is 13.9. The molecule has 1 aromatic carbocycles. The van der Waals surface area contributed by atoms with E-state index in [9.17, 15) is 22.7 Å². The second-order valence-electron chi connectivity index (χ2n) is 4.19. The Hall–Kier alpha value is -1.50. The molecule has 3 nitrogen and oxygen atoms in total. The van der Waals surface area contributed by atoms with Crippen LogP contribution < -0.4 is 9.47 Å². The fourth-order valence-electron chi connectivity index (χ4n) is 1.92. The smallest absolute Gasteiger partial charge is 0.421 e. The van der Waals surface area contributed by atoms with E-state index >= 15 is 0 Å². The minimum Gasteiger partial charge on any atom is -0.486 e. The molecule has 1 aliphatic rings. The summed E-state index contributed by atoms with van der Waals surface area (Å²) in [5.74, 6) is -1.14. The monoisotopic (exact) mass is 280 g/mol. The van der Waals surface area contributed by atoms with Gasteiger partial charge in [-0.1, -0.05) is 6.92 Å². The number of alkyl halides is 3. The summed E-state index contributed by atoms with van der Waals surface area (Å²) in [6, 6.07) is 1.65. The number of fused-ring (bicyclic) bond motifs is 1. The average molecular weight is 280 g/mol. The predicted molar refractivity (Wildman–Crippen MR) is 57.6 cm³/mol. The van der Waals surface area contributed by atoms with Gasteiger partial charge in [-0.05, 0) is 12.5 Å². The first-order valence-corrected chi connectivity index (χ1v) is 5.68. The van der Waals surface area contributed by atoms with Crippen molar-refractivity contribution in [2.45, 2.75) is 25.1 Å². The average Bonchev–Trinajstić information content (AvgIpc) is 2.35. The van der Waals surface area contributed by atoms with E-state index in [-0.39, 0.29) is 24.7 Å². The van der Waals surface area contributed by atoms with Crippen molar-refractivity contribution < 1.29 is 32.1 Å². The quantitative estimate of drug-likeness (QED) is 0.847. The highest BCUT2D eigenvalue weighted by molar-refractivity contribution is 5.46. The lowest BCUT2D eigenvalue weighted by Crippen LogP contribution is -2.42. The Balaban J connectivity index is 2.55. The minimum absolute atomic E-state index is 0.00113. The Morgan fingerprint density at radius 3 is 2.16 bits per heavy atom. The molecule has 0 spiro atoms. The topological polar surface area (TPSA) is 38.7 Å². The number of ether oxygens (including phenoxy) is 2. The van der Waals surface area contributed by atoms with Crippen LogP contribution in [0.1, 0.15) is 18.9 Å². The van der Waals surface area contributed by atoms with Gasteiger partial charge in [0.15, 0.2) is 17.1 Å². The maximum atomic E-state index is 13.8. The van der Waals surface area contributed by atoms with Crippen molar-refractivity contribution >= 4 is 0 Å². The van der Waals surface area contributed by atoms with Gasteiger partial charge in [0, 0.05) is 11.6 Å². The normalized spacial score (nSPS) is 18.0. The molecule has 106 valence electrons. The molecule has 1 heterocycles. The third-order valence-electron chi connectivity index (χ3n) is 3.06. The van der Waals surface area contributed by atoms with Gasteiger partial charge in [-0.15, -0.1) is 0 Å². The number of benzene rings is 1. The van der Waals surface area contributed by atoms with Crippen LogP contribution in [0.2, 0.25) is 0 Å². The van der Waals surface area contributed by atoms with Gasteiger partial charge >= 0.3 is 6.18 Å². The molecule has 0 saturated carbocycles. The Morgan fingerprint density at radius 2 is 1.68 bits per heavy atom. The molecule has 0 radical (unpaired) electrons. The lowest BCUT2D eigenvalue weighted by Gasteiger charge is -2.31. The Morgan fingerprint density at radius 1 is 1.16 bits per heavy atom. The molecule has 0 aliphatic carbocycles. The summed E-state index contributed by atoms with van der Waals surface area (Å²) in [7, 11) is 0. The van der Waals surface area contributed by atoms with Gasteiger partial charge in [0.25, 0.3) is 0 Å². The van der Waals surface area contributed by atoms with Gasteiger partial charge in [-0.3, -0.25) is 0 Å². The van der Waals surface area contributed by atoms with E-state index in [1.54, 1.807) is 0 Å². The van der Waals surface area contributed by atoms with Crippen molar-refractivity contribution in [3.8, 4) is 11.5 Å². The second kappa shape index (κ2) is 4.56. The molecular weight excluding hydrogens is 268 g/mol. The molecule has 1 unspecified atom stereocenters. The number of hydrogen-bond donors (Lipinski definition) is 1. The highest BCUT2D eigenvalue weighted by atomic mass is 19.4. The molecule has 0 aromatic heterocycles. The zero-order valence-electron chi connectivity index (χ0n) is 10.1. The number of aliphatic hydroxyl groups is 1. The highest BCUT2D eigenvalue weighted by Crippen LogP contribution is 2.45. The minimum atomic E-state index is -4.98. The molecule has 1 aromatic rings. The molecule has 0 saturated heterocycles. The maximum absolute atomic E-state index is 13.8. The summed E-state index contributed by atoms with van der Waals surface area (Å²) in [4.78, 5) is 0. The zero-order valence-corrected chi connectivity index (χ0v) is 10.1. The lowest BCUT2D eigenvalue weighted by molar-refractivity contribution is -0.268. The second-order valence-corrected chi connectivity index (χ2v) is 4.19. The van der Waals surface area contributed by atoms with Crippen molar-refractivity contribution in [3.63, 3.8) is 0 Å². The molecule has 0 fully saturated rings. The van der Waals surface area contributed by atoms with Gasteiger partial charge in [-0.2, -0.15) is 13.2 Å². The van der Waals surface area contributed by atoms with Crippen molar-refractivity contribution in [1.82, 2.24) is 0 Å². The van der Waals surface area contributed by atoms with Crippen molar-refractivity contribution in [1.29, 1.82) is 0 Å². The van der Waals surface area contributed by atoms with E-state index in [1.165, 1.54) is 0 Å². The van der Waals surface area contributed by atoms with E-state index in [2.05, 4.69) is 0 Å². The van der Waals surface area contributed by atoms with Crippen LogP contribution in [-0.4, -0.2) is 24.5 Å². The number of rotatable bonds is 2. The van der Waals surface area contributed by atoms with Crippen molar-refractivity contribution in [3.05, 3.63) is 23.5 Å². The van der Waals surface area contributed by atoms with Gasteiger partial charge in [0.2, 0.25) is 0 Å². The van der Waals surface area contributed by atoms with Crippen LogP contribution in [0, 0.1) is 5.82 Å². The number of hydrogen-bond acceptors (Lipinski definition) is 3. The van der Waals surface area contributed by atoms with Gasteiger partial charge in [0.05, 0.1) is 0 Å². The summed E-state index contributed by atoms with van der Waals surface area (Å²) in [6.45, 7) is 1.49. The summed E-state index contributed by atoms with van der Waals surface area (Å²) >= 11 is 0. The summed E-state index contributed by atoms with van der Waals surface area (Å²) in [6.07, 6.45) is -5.68. The molecule has 19 heavy (non-hydrogen) atoms. The van der Waals surface area contributed by atoms with Crippen LogP contribution >= 0.6 is 0 Å². The van der Waals surface area contributed by atoms with Crippen LogP contribution in [0.25, 0.3) is 0 Å². The third kappa shape index (κ3) is 2.22. The fraction of sp³-hybridized carbons (Fsp3) is 0.500. The molecule has 2 rings (SSSR count). The molecular formula is C12H12F4O3. The molecule has 0 bridgehead atoms. The maximum Gasteiger partial charge on any atom is 0.421 e. The van der Waals surface area contributed by atoms with E-state index < -0.39 is 29.6 Å². The SMILES string of the molecule is CCC(O)(c1cc2c(cc1F)OCCO2)C(F)(F)F. The van der Waals surface area contributed by atoms with E-state index in [1.807, 2.05) is 0 Å². The van der Waals surface area contributed by atoms with Gasteiger partial charge < -0.3 is 14.6 Å². The molecule has 0 amide bonds. The third-order valence-corrected chi connectivity index (χ3v) is 3.06. The van der Waals surface area contributed by atoms with Crippen LogP contribution in [0.15, 0.2) is 12.1 Å². The van der Waals surface area contributed by atoms with Crippen LogP contribution in [0.5, 0.6) is 11.5 Å². The molecule has 1 atom stereocenters. The fourth-order valence-corrected chi connectivity index (χ4v) is 1.92. The summed E-state index contributed by atoms with van der Waals surface area (Å²) < 4.78 is 62.7. The van der Waals surface area contributed by atoms with E-state index in [0.717, 1.165) is 19.1 Å². The molecule has 1 aliphatic heterocycles. The van der Waals surface area contributed by atoms with E-state index in [4.69, 9.17) is 9.47 Å². The Kier molecular flexibility index (Phi) is 3.34. The lowest BCUT2D eigenvalue weighted by atomic mass is 9.89. The van der Waals surface area contributed by atoms with Gasteiger partial charge in [-0.25, -0.2) is 4.39 Å². The van der Waals surface area contributed by atoms with Crippen molar-refractivity contribution in [2.75, 3.05) is 13.2 Å². The van der Waals surface area contributed by atoms with Gasteiger partial charge in [0.1, 0.15) is 19.0 Å². The van der Waals surface area contributed by atoms with Crippen LogP contribution in [0.4, 0.5) is 17.6 Å². The van der Waals surface area contributed by atoms with Crippen LogP contribution in [0.3, 0.4) is 0 Å². The molecule has 1 N–H and O–H groups in total. The standard InChI is InChI=1S/C12H12F4O3/c1-2-11(17,12(14,15)16)7-5-9-10(6-8(7)13)19-4-3-18-9/h5-6,17H,2-4H2,1H3. The largest absolute Gasteiger partial charge is 0.486 e. The first-order chi connectivity index (χ1) is 8.79. The Labute approximate surface area is 106 Å². The van der Waals surface area contributed by atoms with Crippen LogP contribution in [-0.2, 0) is 5.60 Å². The first-order valence-electron chi connectivity index (χ1n) is 5.68. The summed E-state index contributed by atoms with van der Waals surface area (Å²) in [5, 5.41) is 9.75. The predicted octanol–water partition coefficient (Wildman–Crippen LogP) is 2.76. The molecule has 7 heteroatoms.